The number of para-hydroxylation sites is 2. The summed E-state index contributed by atoms with van der Waals surface area (Å²) in [6, 6.07) is 12.4. The molecule has 0 unspecified atom stereocenters. The summed E-state index contributed by atoms with van der Waals surface area (Å²) < 4.78 is 5.26. The maximum atomic E-state index is 12.3. The monoisotopic (exact) mass is 388 g/mol. The number of hydrogen-bond acceptors (Lipinski definition) is 5. The standard InChI is InChI=1S/C18H14Cl2N4O2/c1-26-15-8-3-2-6-13(15)24-18-21-9-11(10-22-18)17(25)23-14-7-4-5-12(19)16(14)20/h2-10H,1H3,(H,23,25)(H,21,22,24). The highest BCUT2D eigenvalue weighted by Crippen LogP contribution is 2.30. The van der Waals surface area contributed by atoms with E-state index in [9.17, 15) is 4.79 Å². The maximum Gasteiger partial charge on any atom is 0.258 e. The number of benzene rings is 2. The van der Waals surface area contributed by atoms with E-state index in [-0.39, 0.29) is 10.6 Å². The zero-order chi connectivity index (χ0) is 18.5. The molecule has 0 aliphatic carbocycles. The summed E-state index contributed by atoms with van der Waals surface area (Å²) >= 11 is 12.0. The number of anilines is 3. The highest BCUT2D eigenvalue weighted by Gasteiger charge is 2.12. The van der Waals surface area contributed by atoms with Crippen LogP contribution in [0.1, 0.15) is 10.4 Å². The molecule has 1 amide bonds. The number of carbonyl (C=O) groups excluding carboxylic acids is 1. The molecule has 1 heterocycles. The Balaban J connectivity index is 1.73. The molecule has 6 nitrogen and oxygen atoms in total. The number of aromatic nitrogens is 2. The number of amides is 1. The van der Waals surface area contributed by atoms with Crippen LogP contribution in [0.25, 0.3) is 0 Å². The van der Waals surface area contributed by atoms with Crippen LogP contribution in [0.5, 0.6) is 5.75 Å². The molecule has 0 spiro atoms. The summed E-state index contributed by atoms with van der Waals surface area (Å²) in [6.45, 7) is 0. The second-order valence-corrected chi connectivity index (χ2v) is 5.96. The summed E-state index contributed by atoms with van der Waals surface area (Å²) in [5.74, 6) is 0.610. The lowest BCUT2D eigenvalue weighted by Gasteiger charge is -2.10. The van der Waals surface area contributed by atoms with E-state index in [1.54, 1.807) is 25.3 Å². The van der Waals surface area contributed by atoms with Crippen LogP contribution in [-0.4, -0.2) is 23.0 Å². The molecule has 0 aliphatic rings. The first-order valence-corrected chi connectivity index (χ1v) is 8.31. The first-order chi connectivity index (χ1) is 12.6. The van der Waals surface area contributed by atoms with Gasteiger partial charge in [-0.2, -0.15) is 0 Å². The first-order valence-electron chi connectivity index (χ1n) is 7.56. The van der Waals surface area contributed by atoms with Crippen molar-refractivity contribution in [2.45, 2.75) is 0 Å². The van der Waals surface area contributed by atoms with Crippen molar-refractivity contribution < 1.29 is 9.53 Å². The highest BCUT2D eigenvalue weighted by atomic mass is 35.5. The zero-order valence-electron chi connectivity index (χ0n) is 13.7. The normalized spacial score (nSPS) is 10.3. The third-order valence-electron chi connectivity index (χ3n) is 3.47. The number of nitrogens with one attached hydrogen (secondary N) is 2. The van der Waals surface area contributed by atoms with Gasteiger partial charge >= 0.3 is 0 Å². The summed E-state index contributed by atoms with van der Waals surface area (Å²) in [5, 5.41) is 6.35. The van der Waals surface area contributed by atoms with Crippen LogP contribution >= 0.6 is 23.2 Å². The van der Waals surface area contributed by atoms with Gasteiger partial charge in [-0.25, -0.2) is 9.97 Å². The largest absolute Gasteiger partial charge is 0.495 e. The van der Waals surface area contributed by atoms with Gasteiger partial charge in [-0.15, -0.1) is 0 Å². The third kappa shape index (κ3) is 4.04. The molecule has 0 saturated carbocycles. The molecule has 0 bridgehead atoms. The molecule has 8 heteroatoms. The maximum absolute atomic E-state index is 12.3. The van der Waals surface area contributed by atoms with Crippen LogP contribution in [0.2, 0.25) is 10.0 Å². The van der Waals surface area contributed by atoms with Gasteiger partial charge in [0.15, 0.2) is 0 Å². The Morgan fingerprint density at radius 3 is 2.42 bits per heavy atom. The van der Waals surface area contributed by atoms with Gasteiger partial charge < -0.3 is 15.4 Å². The molecule has 0 radical (unpaired) electrons. The number of rotatable bonds is 5. The molecule has 0 atom stereocenters. The van der Waals surface area contributed by atoms with E-state index in [0.717, 1.165) is 5.69 Å². The quantitative estimate of drug-likeness (QED) is 0.656. The molecule has 0 fully saturated rings. The minimum atomic E-state index is -0.391. The van der Waals surface area contributed by atoms with Gasteiger partial charge in [0.25, 0.3) is 5.91 Å². The van der Waals surface area contributed by atoms with E-state index in [0.29, 0.717) is 22.4 Å². The first kappa shape index (κ1) is 18.0. The number of carbonyl (C=O) groups is 1. The van der Waals surface area contributed by atoms with Gasteiger partial charge in [-0.05, 0) is 24.3 Å². The molecule has 3 aromatic rings. The molecule has 0 aliphatic heterocycles. The van der Waals surface area contributed by atoms with E-state index in [1.807, 2.05) is 24.3 Å². The lowest BCUT2D eigenvalue weighted by Crippen LogP contribution is -2.13. The summed E-state index contributed by atoms with van der Waals surface area (Å²) in [5.41, 5.74) is 1.42. The Labute approximate surface area is 160 Å². The summed E-state index contributed by atoms with van der Waals surface area (Å²) in [4.78, 5) is 20.6. The molecule has 2 N–H and O–H groups in total. The third-order valence-corrected chi connectivity index (χ3v) is 4.29. The predicted molar refractivity (Wildman–Crippen MR) is 103 cm³/mol. The van der Waals surface area contributed by atoms with Crippen molar-refractivity contribution in [2.75, 3.05) is 17.7 Å². The van der Waals surface area contributed by atoms with Crippen molar-refractivity contribution in [3.63, 3.8) is 0 Å². The lowest BCUT2D eigenvalue weighted by atomic mass is 10.2. The minimum Gasteiger partial charge on any atom is -0.495 e. The van der Waals surface area contributed by atoms with Crippen molar-refractivity contribution in [1.29, 1.82) is 0 Å². The van der Waals surface area contributed by atoms with Crippen molar-refractivity contribution in [3.8, 4) is 5.75 Å². The summed E-state index contributed by atoms with van der Waals surface area (Å²) in [7, 11) is 1.58. The van der Waals surface area contributed by atoms with E-state index in [2.05, 4.69) is 20.6 Å². The van der Waals surface area contributed by atoms with E-state index in [1.165, 1.54) is 12.4 Å². The second kappa shape index (κ2) is 8.03. The fourth-order valence-electron chi connectivity index (χ4n) is 2.17. The fraction of sp³-hybridized carbons (Fsp3) is 0.0556. The Bertz CT molecular complexity index is 933. The Hall–Kier alpha value is -2.83. The average Bonchev–Trinajstić information content (AvgIpc) is 2.66. The predicted octanol–water partition coefficient (Wildman–Crippen LogP) is 4.79. The smallest absolute Gasteiger partial charge is 0.258 e. The van der Waals surface area contributed by atoms with Crippen molar-refractivity contribution in [2.24, 2.45) is 0 Å². The van der Waals surface area contributed by atoms with Crippen LogP contribution in [-0.2, 0) is 0 Å². The topological polar surface area (TPSA) is 76.1 Å². The minimum absolute atomic E-state index is 0.276. The van der Waals surface area contributed by atoms with Gasteiger partial charge in [-0.1, -0.05) is 41.4 Å². The lowest BCUT2D eigenvalue weighted by molar-refractivity contribution is 0.102. The van der Waals surface area contributed by atoms with Gasteiger partial charge in [0, 0.05) is 12.4 Å². The number of nitrogens with zero attached hydrogens (tertiary/aromatic N) is 2. The average molecular weight is 389 g/mol. The van der Waals surface area contributed by atoms with Crippen molar-refractivity contribution in [3.05, 3.63) is 70.5 Å². The fourth-order valence-corrected chi connectivity index (χ4v) is 2.52. The Kier molecular flexibility index (Phi) is 5.55. The number of halogens is 2. The molecular weight excluding hydrogens is 375 g/mol. The molecular formula is C18H14Cl2N4O2. The van der Waals surface area contributed by atoms with Crippen LogP contribution in [0, 0.1) is 0 Å². The summed E-state index contributed by atoms with van der Waals surface area (Å²) in [6.07, 6.45) is 2.83. The second-order valence-electron chi connectivity index (χ2n) is 5.18. The van der Waals surface area contributed by atoms with Gasteiger partial charge in [0.2, 0.25) is 5.95 Å². The van der Waals surface area contributed by atoms with Gasteiger partial charge in [0.1, 0.15) is 5.75 Å². The SMILES string of the molecule is COc1ccccc1Nc1ncc(C(=O)Nc2cccc(Cl)c2Cl)cn1. The molecule has 26 heavy (non-hydrogen) atoms. The van der Waals surface area contributed by atoms with Crippen LogP contribution in [0.3, 0.4) is 0 Å². The zero-order valence-corrected chi connectivity index (χ0v) is 15.2. The molecule has 3 rings (SSSR count). The van der Waals surface area contributed by atoms with Gasteiger partial charge in [0.05, 0.1) is 34.1 Å². The Morgan fingerprint density at radius 2 is 1.69 bits per heavy atom. The van der Waals surface area contributed by atoms with E-state index >= 15 is 0 Å². The number of ether oxygens (including phenoxy) is 1. The molecule has 132 valence electrons. The van der Waals surface area contributed by atoms with Crippen LogP contribution in [0.4, 0.5) is 17.3 Å². The molecule has 2 aromatic carbocycles. The van der Waals surface area contributed by atoms with Crippen LogP contribution in [0.15, 0.2) is 54.9 Å². The highest BCUT2D eigenvalue weighted by molar-refractivity contribution is 6.44. The molecule has 1 aromatic heterocycles. The van der Waals surface area contributed by atoms with Gasteiger partial charge in [-0.3, -0.25) is 4.79 Å². The Morgan fingerprint density at radius 1 is 1.00 bits per heavy atom. The molecule has 0 saturated heterocycles. The van der Waals surface area contributed by atoms with Crippen molar-refractivity contribution in [1.82, 2.24) is 9.97 Å². The van der Waals surface area contributed by atoms with Crippen molar-refractivity contribution >= 4 is 46.4 Å². The van der Waals surface area contributed by atoms with E-state index in [4.69, 9.17) is 27.9 Å². The number of hydrogen-bond donors (Lipinski definition) is 2. The number of methoxy groups -OCH3 is 1. The van der Waals surface area contributed by atoms with E-state index < -0.39 is 5.91 Å². The van der Waals surface area contributed by atoms with Crippen LogP contribution < -0.4 is 15.4 Å².